The topological polar surface area (TPSA) is 29.1 Å². The van der Waals surface area contributed by atoms with Crippen LogP contribution in [0.5, 0.6) is 0 Å². The number of hydrogen-bond donors (Lipinski definition) is 1. The van der Waals surface area contributed by atoms with Crippen molar-refractivity contribution < 1.29 is 9.18 Å². The Morgan fingerprint density at radius 2 is 1.55 bits per heavy atom. The predicted molar refractivity (Wildman–Crippen MR) is 88.3 cm³/mol. The second-order valence-electron chi connectivity index (χ2n) is 4.51. The van der Waals surface area contributed by atoms with E-state index in [1.165, 1.54) is 24.3 Å². The van der Waals surface area contributed by atoms with E-state index >= 15 is 0 Å². The molecule has 0 aliphatic rings. The summed E-state index contributed by atoms with van der Waals surface area (Å²) >= 11 is 23.6. The highest BCUT2D eigenvalue weighted by atomic mass is 35.6. The van der Waals surface area contributed by atoms with Gasteiger partial charge in [-0.25, -0.2) is 4.39 Å². The molecule has 7 heteroatoms. The lowest BCUT2D eigenvalue weighted by Crippen LogP contribution is -2.36. The fourth-order valence-corrected chi connectivity index (χ4v) is 2.49. The second-order valence-corrected chi connectivity index (χ2v) is 7.31. The lowest BCUT2D eigenvalue weighted by molar-refractivity contribution is 0.0937. The van der Waals surface area contributed by atoms with Gasteiger partial charge in [0.05, 0.1) is 0 Å². The molecule has 2 aromatic carbocycles. The third-order valence-corrected chi connectivity index (χ3v) is 3.82. The third kappa shape index (κ3) is 4.50. The minimum atomic E-state index is -1.79. The summed E-state index contributed by atoms with van der Waals surface area (Å²) in [5, 5.41) is 3.14. The summed E-state index contributed by atoms with van der Waals surface area (Å²) in [5.74, 6) is -0.854. The van der Waals surface area contributed by atoms with E-state index in [1.807, 2.05) is 0 Å². The van der Waals surface area contributed by atoms with Crippen LogP contribution in [0.3, 0.4) is 0 Å². The van der Waals surface area contributed by atoms with E-state index in [0.717, 1.165) is 0 Å². The van der Waals surface area contributed by atoms with Crippen molar-refractivity contribution in [3.63, 3.8) is 0 Å². The van der Waals surface area contributed by atoms with Gasteiger partial charge < -0.3 is 5.32 Å². The largest absolute Gasteiger partial charge is 0.341 e. The Morgan fingerprint density at radius 3 is 2.05 bits per heavy atom. The van der Waals surface area contributed by atoms with E-state index in [2.05, 4.69) is 5.32 Å². The monoisotopic (exact) mass is 379 g/mol. The van der Waals surface area contributed by atoms with E-state index in [4.69, 9.17) is 46.4 Å². The maximum Gasteiger partial charge on any atom is 0.251 e. The number of benzene rings is 2. The summed E-state index contributed by atoms with van der Waals surface area (Å²) in [4.78, 5) is 12.2. The second kappa shape index (κ2) is 7.05. The molecular formula is C15H10Cl4FNO. The van der Waals surface area contributed by atoms with E-state index < -0.39 is 21.6 Å². The standard InChI is InChI=1S/C15H10Cl4FNO/c16-11-5-1-10(2-6-11)14(22)21-13(15(17,18)19)9-3-7-12(20)8-4-9/h1-8,13H,(H,21,22)/t13-/m1/s1. The number of nitrogens with one attached hydrogen (secondary N) is 1. The third-order valence-electron chi connectivity index (χ3n) is 2.91. The van der Waals surface area contributed by atoms with Crippen LogP contribution in [-0.2, 0) is 0 Å². The fourth-order valence-electron chi connectivity index (χ4n) is 1.83. The van der Waals surface area contributed by atoms with Gasteiger partial charge in [0.15, 0.2) is 0 Å². The molecule has 0 aromatic heterocycles. The highest BCUT2D eigenvalue weighted by molar-refractivity contribution is 6.68. The van der Waals surface area contributed by atoms with E-state index in [-0.39, 0.29) is 0 Å². The SMILES string of the molecule is O=C(N[C@H](c1ccc(F)cc1)C(Cl)(Cl)Cl)c1ccc(Cl)cc1. The quantitative estimate of drug-likeness (QED) is 0.717. The van der Waals surface area contributed by atoms with Crippen molar-refractivity contribution in [1.82, 2.24) is 5.32 Å². The molecule has 0 bridgehead atoms. The zero-order valence-electron chi connectivity index (χ0n) is 11.0. The summed E-state index contributed by atoms with van der Waals surface area (Å²) in [6.45, 7) is 0. The van der Waals surface area contributed by atoms with Crippen LogP contribution < -0.4 is 5.32 Å². The van der Waals surface area contributed by atoms with Crippen LogP contribution in [0.4, 0.5) is 4.39 Å². The Bertz CT molecular complexity index is 653. The minimum absolute atomic E-state index is 0.366. The highest BCUT2D eigenvalue weighted by Crippen LogP contribution is 2.40. The average molecular weight is 381 g/mol. The normalized spacial score (nSPS) is 12.8. The number of carbonyl (C=O) groups is 1. The number of halogens is 5. The summed E-state index contributed by atoms with van der Waals surface area (Å²) in [5.41, 5.74) is 0.842. The van der Waals surface area contributed by atoms with Gasteiger partial charge in [0, 0.05) is 10.6 Å². The molecular weight excluding hydrogens is 371 g/mol. The highest BCUT2D eigenvalue weighted by Gasteiger charge is 2.35. The number of rotatable bonds is 3. The Kier molecular flexibility index (Phi) is 5.56. The lowest BCUT2D eigenvalue weighted by atomic mass is 10.1. The van der Waals surface area contributed by atoms with Crippen LogP contribution in [0.15, 0.2) is 48.5 Å². The molecule has 0 unspecified atom stereocenters. The van der Waals surface area contributed by atoms with Gasteiger partial charge in [-0.3, -0.25) is 4.79 Å². The number of amides is 1. The number of hydrogen-bond acceptors (Lipinski definition) is 1. The Labute approximate surface area is 147 Å². The Hall–Kier alpha value is -1.000. The summed E-state index contributed by atoms with van der Waals surface area (Å²) in [6.07, 6.45) is 0. The molecule has 0 aliphatic carbocycles. The van der Waals surface area contributed by atoms with Gasteiger partial charge in [0.25, 0.3) is 5.91 Å². The van der Waals surface area contributed by atoms with Gasteiger partial charge in [-0.1, -0.05) is 58.5 Å². The molecule has 2 nitrogen and oxygen atoms in total. The van der Waals surface area contributed by atoms with Crippen molar-refractivity contribution in [2.24, 2.45) is 0 Å². The molecule has 1 atom stereocenters. The zero-order chi connectivity index (χ0) is 16.3. The molecule has 0 saturated carbocycles. The van der Waals surface area contributed by atoms with E-state index in [9.17, 15) is 9.18 Å². The summed E-state index contributed by atoms with van der Waals surface area (Å²) in [7, 11) is 0. The molecule has 0 spiro atoms. The summed E-state index contributed by atoms with van der Waals surface area (Å²) < 4.78 is 11.2. The van der Waals surface area contributed by atoms with Crippen LogP contribution in [0.1, 0.15) is 22.0 Å². The van der Waals surface area contributed by atoms with E-state index in [0.29, 0.717) is 16.1 Å². The van der Waals surface area contributed by atoms with Crippen molar-refractivity contribution in [2.75, 3.05) is 0 Å². The molecule has 22 heavy (non-hydrogen) atoms. The molecule has 1 amide bonds. The van der Waals surface area contributed by atoms with Gasteiger partial charge in [-0.05, 0) is 42.0 Å². The van der Waals surface area contributed by atoms with Crippen LogP contribution in [0.2, 0.25) is 5.02 Å². The number of alkyl halides is 3. The molecule has 0 fully saturated rings. The van der Waals surface area contributed by atoms with Crippen LogP contribution in [-0.4, -0.2) is 9.70 Å². The minimum Gasteiger partial charge on any atom is -0.341 e. The Balaban J connectivity index is 2.25. The maximum absolute atomic E-state index is 13.0. The first-order valence-corrected chi connectivity index (χ1v) is 7.67. The van der Waals surface area contributed by atoms with Crippen molar-refractivity contribution in [1.29, 1.82) is 0 Å². The van der Waals surface area contributed by atoms with Gasteiger partial charge in [-0.2, -0.15) is 0 Å². The van der Waals surface area contributed by atoms with Gasteiger partial charge in [0.1, 0.15) is 11.9 Å². The smallest absolute Gasteiger partial charge is 0.251 e. The molecule has 0 heterocycles. The van der Waals surface area contributed by atoms with Crippen molar-refractivity contribution in [3.8, 4) is 0 Å². The van der Waals surface area contributed by atoms with Gasteiger partial charge in [-0.15, -0.1) is 0 Å². The van der Waals surface area contributed by atoms with Crippen LogP contribution >= 0.6 is 46.4 Å². The molecule has 0 saturated heterocycles. The molecule has 2 aromatic rings. The van der Waals surface area contributed by atoms with Crippen molar-refractivity contribution in [2.45, 2.75) is 9.83 Å². The molecule has 116 valence electrons. The first-order chi connectivity index (χ1) is 10.3. The molecule has 0 aliphatic heterocycles. The lowest BCUT2D eigenvalue weighted by Gasteiger charge is -2.26. The van der Waals surface area contributed by atoms with Crippen LogP contribution in [0.25, 0.3) is 0 Å². The van der Waals surface area contributed by atoms with Gasteiger partial charge >= 0.3 is 0 Å². The molecule has 2 rings (SSSR count). The summed E-state index contributed by atoms with van der Waals surface area (Å²) in [6, 6.07) is 10.7. The first-order valence-electron chi connectivity index (χ1n) is 6.16. The van der Waals surface area contributed by atoms with Crippen LogP contribution in [0, 0.1) is 5.82 Å². The zero-order valence-corrected chi connectivity index (χ0v) is 14.0. The molecule has 1 N–H and O–H groups in total. The predicted octanol–water partition coefficient (Wildman–Crippen LogP) is 5.32. The van der Waals surface area contributed by atoms with E-state index in [1.54, 1.807) is 24.3 Å². The fraction of sp³-hybridized carbons (Fsp3) is 0.133. The van der Waals surface area contributed by atoms with Gasteiger partial charge in [0.2, 0.25) is 3.79 Å². The maximum atomic E-state index is 13.0. The van der Waals surface area contributed by atoms with Crippen molar-refractivity contribution >= 4 is 52.3 Å². The first kappa shape index (κ1) is 17.4. The Morgan fingerprint density at radius 1 is 1.00 bits per heavy atom. The number of carbonyl (C=O) groups excluding carboxylic acids is 1. The van der Waals surface area contributed by atoms with Crippen molar-refractivity contribution in [3.05, 3.63) is 70.5 Å². The molecule has 0 radical (unpaired) electrons. The average Bonchev–Trinajstić information content (AvgIpc) is 2.45.